The highest BCUT2D eigenvalue weighted by atomic mass is 16.5. The number of rotatable bonds is 7. The van der Waals surface area contributed by atoms with Crippen LogP contribution in [0.4, 0.5) is 11.4 Å². The summed E-state index contributed by atoms with van der Waals surface area (Å²) in [6, 6.07) is 13.0. The summed E-state index contributed by atoms with van der Waals surface area (Å²) >= 11 is 0. The van der Waals surface area contributed by atoms with Gasteiger partial charge in [-0.25, -0.2) is 4.99 Å². The zero-order valence-corrected chi connectivity index (χ0v) is 17.4. The van der Waals surface area contributed by atoms with E-state index in [0.29, 0.717) is 43.8 Å². The summed E-state index contributed by atoms with van der Waals surface area (Å²) in [5, 5.41) is 9.23. The smallest absolute Gasteiger partial charge is 0.221 e. The topological polar surface area (TPSA) is 93.2 Å². The molecule has 0 saturated heterocycles. The molecule has 0 radical (unpaired) electrons. The number of fused-ring (bicyclic) bond motifs is 1. The van der Waals surface area contributed by atoms with Gasteiger partial charge in [0.1, 0.15) is 12.4 Å². The second-order valence-electron chi connectivity index (χ2n) is 6.66. The Labute approximate surface area is 176 Å². The van der Waals surface area contributed by atoms with Crippen molar-refractivity contribution in [2.75, 3.05) is 43.5 Å². The zero-order chi connectivity index (χ0) is 21.2. The first-order valence-electron chi connectivity index (χ1n) is 10.1. The molecule has 30 heavy (non-hydrogen) atoms. The van der Waals surface area contributed by atoms with Crippen molar-refractivity contribution in [3.05, 3.63) is 42.5 Å². The fraction of sp³-hybridized carbons (Fsp3) is 0.364. The quantitative estimate of drug-likeness (QED) is 0.367. The first-order valence-corrected chi connectivity index (χ1v) is 10.1. The van der Waals surface area contributed by atoms with E-state index in [4.69, 9.17) is 14.2 Å². The minimum absolute atomic E-state index is 0.118. The number of nitrogens with one attached hydrogen (secondary N) is 3. The fourth-order valence-electron chi connectivity index (χ4n) is 2.87. The van der Waals surface area contributed by atoms with Crippen LogP contribution in [-0.2, 0) is 4.79 Å². The monoisotopic (exact) mass is 412 g/mol. The third-order valence-corrected chi connectivity index (χ3v) is 4.14. The summed E-state index contributed by atoms with van der Waals surface area (Å²) in [6.45, 7) is 6.39. The largest absolute Gasteiger partial charge is 0.492 e. The summed E-state index contributed by atoms with van der Waals surface area (Å²) in [6.07, 6.45) is 0.870. The van der Waals surface area contributed by atoms with Gasteiger partial charge in [-0.2, -0.15) is 0 Å². The number of benzene rings is 2. The van der Waals surface area contributed by atoms with Gasteiger partial charge in [0.05, 0.1) is 19.8 Å². The highest BCUT2D eigenvalue weighted by molar-refractivity contribution is 5.94. The first kappa shape index (κ1) is 21.3. The van der Waals surface area contributed by atoms with Gasteiger partial charge in [0.15, 0.2) is 17.5 Å². The van der Waals surface area contributed by atoms with Crippen LogP contribution in [0.25, 0.3) is 0 Å². The van der Waals surface area contributed by atoms with Gasteiger partial charge < -0.3 is 30.2 Å². The van der Waals surface area contributed by atoms with Crippen LogP contribution in [0.15, 0.2) is 47.5 Å². The molecule has 8 heteroatoms. The predicted molar refractivity (Wildman–Crippen MR) is 118 cm³/mol. The number of aliphatic imine (C=N–C) groups is 1. The Kier molecular flexibility index (Phi) is 7.77. The van der Waals surface area contributed by atoms with Crippen molar-refractivity contribution in [1.29, 1.82) is 0 Å². The van der Waals surface area contributed by atoms with E-state index in [9.17, 15) is 4.79 Å². The van der Waals surface area contributed by atoms with Gasteiger partial charge in [0, 0.05) is 43.4 Å². The van der Waals surface area contributed by atoms with E-state index in [-0.39, 0.29) is 5.91 Å². The third kappa shape index (κ3) is 6.58. The molecule has 3 rings (SSSR count). The molecule has 1 aliphatic rings. The number of hydrogen-bond donors (Lipinski definition) is 3. The minimum Gasteiger partial charge on any atom is -0.492 e. The van der Waals surface area contributed by atoms with Crippen LogP contribution in [0.2, 0.25) is 0 Å². The van der Waals surface area contributed by atoms with Gasteiger partial charge in [0.2, 0.25) is 5.91 Å². The van der Waals surface area contributed by atoms with E-state index in [0.717, 1.165) is 30.2 Å². The molecule has 0 aromatic heterocycles. The van der Waals surface area contributed by atoms with Gasteiger partial charge in [0.25, 0.3) is 0 Å². The summed E-state index contributed by atoms with van der Waals surface area (Å²) in [4.78, 5) is 15.7. The molecule has 1 amide bonds. The summed E-state index contributed by atoms with van der Waals surface area (Å²) in [5.74, 6) is 2.71. The summed E-state index contributed by atoms with van der Waals surface area (Å²) in [5.41, 5.74) is 1.57. The molecule has 3 N–H and O–H groups in total. The van der Waals surface area contributed by atoms with Gasteiger partial charge in [-0.05, 0) is 31.2 Å². The van der Waals surface area contributed by atoms with Crippen LogP contribution in [0, 0.1) is 0 Å². The molecule has 0 unspecified atom stereocenters. The standard InChI is InChI=1S/C22H28N4O4/c1-3-23-22(26-18-8-9-20-21(15-18)30-12-5-11-29-20)24-10-13-28-19-7-4-6-17(14-19)25-16(2)27/h4,6-9,14-15H,3,5,10-13H2,1-2H3,(H,25,27)(H2,23,24,26). The second kappa shape index (κ2) is 10.9. The number of hydrogen-bond acceptors (Lipinski definition) is 5. The third-order valence-electron chi connectivity index (χ3n) is 4.14. The number of anilines is 2. The predicted octanol–water partition coefficient (Wildman–Crippen LogP) is 3.26. The van der Waals surface area contributed by atoms with Gasteiger partial charge in [-0.3, -0.25) is 4.79 Å². The molecule has 1 heterocycles. The first-order chi connectivity index (χ1) is 14.6. The Bertz CT molecular complexity index is 885. The molecular formula is C22H28N4O4. The van der Waals surface area contributed by atoms with Crippen molar-refractivity contribution in [2.24, 2.45) is 4.99 Å². The van der Waals surface area contributed by atoms with Crippen molar-refractivity contribution in [1.82, 2.24) is 5.32 Å². The molecule has 0 spiro atoms. The van der Waals surface area contributed by atoms with Crippen molar-refractivity contribution in [2.45, 2.75) is 20.3 Å². The highest BCUT2D eigenvalue weighted by Gasteiger charge is 2.11. The Balaban J connectivity index is 1.56. The van der Waals surface area contributed by atoms with Crippen molar-refractivity contribution in [3.8, 4) is 17.2 Å². The molecular weight excluding hydrogens is 384 g/mol. The van der Waals surface area contributed by atoms with Gasteiger partial charge in [-0.1, -0.05) is 6.07 Å². The van der Waals surface area contributed by atoms with E-state index >= 15 is 0 Å². The molecule has 1 aliphatic heterocycles. The normalized spacial score (nSPS) is 13.2. The van der Waals surface area contributed by atoms with Crippen LogP contribution >= 0.6 is 0 Å². The zero-order valence-electron chi connectivity index (χ0n) is 17.4. The average molecular weight is 412 g/mol. The minimum atomic E-state index is -0.118. The lowest BCUT2D eigenvalue weighted by molar-refractivity contribution is -0.114. The summed E-state index contributed by atoms with van der Waals surface area (Å²) in [7, 11) is 0. The Morgan fingerprint density at radius 1 is 1.07 bits per heavy atom. The lowest BCUT2D eigenvalue weighted by Crippen LogP contribution is -2.31. The number of ether oxygens (including phenoxy) is 3. The second-order valence-corrected chi connectivity index (χ2v) is 6.66. The molecule has 0 fully saturated rings. The van der Waals surface area contributed by atoms with E-state index in [1.165, 1.54) is 6.92 Å². The number of nitrogens with zero attached hydrogens (tertiary/aromatic N) is 1. The van der Waals surface area contributed by atoms with Gasteiger partial charge in [-0.15, -0.1) is 0 Å². The van der Waals surface area contributed by atoms with Crippen LogP contribution in [0.3, 0.4) is 0 Å². The molecule has 160 valence electrons. The van der Waals surface area contributed by atoms with Gasteiger partial charge >= 0.3 is 0 Å². The van der Waals surface area contributed by atoms with E-state index in [1.807, 2.05) is 43.3 Å². The maximum atomic E-state index is 11.2. The molecule has 2 aromatic carbocycles. The molecule has 0 bridgehead atoms. The Morgan fingerprint density at radius 2 is 1.87 bits per heavy atom. The van der Waals surface area contributed by atoms with E-state index in [1.54, 1.807) is 6.07 Å². The molecule has 0 aliphatic carbocycles. The molecule has 2 aromatic rings. The van der Waals surface area contributed by atoms with Crippen LogP contribution in [0.1, 0.15) is 20.3 Å². The highest BCUT2D eigenvalue weighted by Crippen LogP contribution is 2.32. The molecule has 8 nitrogen and oxygen atoms in total. The Hall–Kier alpha value is -3.42. The summed E-state index contributed by atoms with van der Waals surface area (Å²) < 4.78 is 17.2. The maximum absolute atomic E-state index is 11.2. The molecule has 0 atom stereocenters. The lowest BCUT2D eigenvalue weighted by atomic mass is 10.3. The van der Waals surface area contributed by atoms with E-state index in [2.05, 4.69) is 20.9 Å². The van der Waals surface area contributed by atoms with Crippen LogP contribution in [0.5, 0.6) is 17.2 Å². The number of carbonyl (C=O) groups excluding carboxylic acids is 1. The Morgan fingerprint density at radius 3 is 2.67 bits per heavy atom. The van der Waals surface area contributed by atoms with Crippen LogP contribution < -0.4 is 30.2 Å². The van der Waals surface area contributed by atoms with E-state index < -0.39 is 0 Å². The van der Waals surface area contributed by atoms with Crippen molar-refractivity contribution >= 4 is 23.2 Å². The van der Waals surface area contributed by atoms with Crippen molar-refractivity contribution in [3.63, 3.8) is 0 Å². The number of guanidine groups is 1. The fourth-order valence-corrected chi connectivity index (χ4v) is 2.87. The number of carbonyl (C=O) groups is 1. The number of amides is 1. The van der Waals surface area contributed by atoms with Crippen LogP contribution in [-0.4, -0.2) is 44.8 Å². The molecule has 0 saturated carbocycles. The lowest BCUT2D eigenvalue weighted by Gasteiger charge is -2.14. The van der Waals surface area contributed by atoms with Crippen molar-refractivity contribution < 1.29 is 19.0 Å². The average Bonchev–Trinajstić information content (AvgIpc) is 2.96. The maximum Gasteiger partial charge on any atom is 0.221 e. The SMILES string of the molecule is CCNC(=NCCOc1cccc(NC(C)=O)c1)Nc1ccc2c(c1)OCCCO2.